The monoisotopic (exact) mass is 418 g/mol. The van der Waals surface area contributed by atoms with Gasteiger partial charge < -0.3 is 13.9 Å². The molecule has 0 fully saturated rings. The van der Waals surface area contributed by atoms with Crippen LogP contribution < -0.4 is 14.9 Å². The average Bonchev–Trinajstić information content (AvgIpc) is 3.17. The topological polar surface area (TPSA) is 73.1 Å². The quantitative estimate of drug-likeness (QED) is 0.442. The van der Waals surface area contributed by atoms with E-state index in [1.807, 2.05) is 0 Å². The number of hydrogen-bond donors (Lipinski definition) is 1. The van der Waals surface area contributed by atoms with Crippen LogP contribution >= 0.6 is 23.2 Å². The predicted octanol–water partition coefficient (Wildman–Crippen LogP) is 4.79. The van der Waals surface area contributed by atoms with Crippen LogP contribution in [-0.4, -0.2) is 25.8 Å². The summed E-state index contributed by atoms with van der Waals surface area (Å²) in [6.45, 7) is -0.188. The van der Waals surface area contributed by atoms with Crippen molar-refractivity contribution in [3.05, 3.63) is 70.4 Å². The van der Waals surface area contributed by atoms with Gasteiger partial charge in [-0.2, -0.15) is 5.10 Å². The van der Waals surface area contributed by atoms with Crippen molar-refractivity contribution in [3.8, 4) is 22.8 Å². The van der Waals surface area contributed by atoms with Crippen molar-refractivity contribution in [2.24, 2.45) is 5.10 Å². The Labute approximate surface area is 171 Å². The van der Waals surface area contributed by atoms with Gasteiger partial charge in [-0.25, -0.2) is 5.43 Å². The summed E-state index contributed by atoms with van der Waals surface area (Å²) in [5.41, 5.74) is 3.04. The molecule has 1 aromatic heterocycles. The van der Waals surface area contributed by atoms with Crippen molar-refractivity contribution in [2.45, 2.75) is 0 Å². The Morgan fingerprint density at radius 2 is 1.96 bits per heavy atom. The van der Waals surface area contributed by atoms with Gasteiger partial charge in [0.05, 0.1) is 18.3 Å². The highest BCUT2D eigenvalue weighted by Crippen LogP contribution is 2.31. The highest BCUT2D eigenvalue weighted by molar-refractivity contribution is 6.35. The van der Waals surface area contributed by atoms with Gasteiger partial charge >= 0.3 is 0 Å². The van der Waals surface area contributed by atoms with Crippen molar-refractivity contribution in [2.75, 3.05) is 13.7 Å². The lowest BCUT2D eigenvalue weighted by Crippen LogP contribution is -2.24. The Bertz CT molecular complexity index is 1000. The maximum Gasteiger partial charge on any atom is 0.277 e. The molecular formula is C20H16Cl2N2O4. The second-order valence-corrected chi connectivity index (χ2v) is 6.43. The average molecular weight is 419 g/mol. The van der Waals surface area contributed by atoms with E-state index in [1.165, 1.54) is 6.21 Å². The molecule has 1 heterocycles. The van der Waals surface area contributed by atoms with E-state index in [1.54, 1.807) is 61.7 Å². The Hall–Kier alpha value is -2.96. The smallest absolute Gasteiger partial charge is 0.277 e. The molecule has 0 saturated heterocycles. The van der Waals surface area contributed by atoms with Gasteiger partial charge in [-0.15, -0.1) is 0 Å². The highest BCUT2D eigenvalue weighted by atomic mass is 35.5. The van der Waals surface area contributed by atoms with Gasteiger partial charge in [0.25, 0.3) is 5.91 Å². The maximum absolute atomic E-state index is 11.8. The first-order valence-corrected chi connectivity index (χ1v) is 8.95. The SMILES string of the molecule is COc1cccc(OCC(=O)N/N=C/c2ccc(-c3cc(Cl)ccc3Cl)o2)c1. The van der Waals surface area contributed by atoms with Crippen LogP contribution in [0.3, 0.4) is 0 Å². The zero-order valence-corrected chi connectivity index (χ0v) is 16.3. The van der Waals surface area contributed by atoms with Gasteiger partial charge in [-0.3, -0.25) is 4.79 Å². The first-order valence-electron chi connectivity index (χ1n) is 8.19. The third kappa shape index (κ3) is 5.28. The molecule has 0 spiro atoms. The molecule has 144 valence electrons. The van der Waals surface area contributed by atoms with Gasteiger partial charge in [0, 0.05) is 16.7 Å². The summed E-state index contributed by atoms with van der Waals surface area (Å²) < 4.78 is 16.1. The number of methoxy groups -OCH3 is 1. The Balaban J connectivity index is 1.54. The van der Waals surface area contributed by atoms with E-state index in [0.29, 0.717) is 38.6 Å². The van der Waals surface area contributed by atoms with Crippen LogP contribution in [0.1, 0.15) is 5.76 Å². The molecule has 0 unspecified atom stereocenters. The standard InChI is InChI=1S/C20H16Cl2N2O4/c1-26-14-3-2-4-15(10-14)27-12-20(25)24-23-11-16-6-8-19(28-16)17-9-13(21)5-7-18(17)22/h2-11H,12H2,1H3,(H,24,25)/b23-11+. The molecule has 28 heavy (non-hydrogen) atoms. The zero-order valence-electron chi connectivity index (χ0n) is 14.8. The maximum atomic E-state index is 11.8. The fourth-order valence-corrected chi connectivity index (χ4v) is 2.68. The number of amides is 1. The molecule has 0 aliphatic rings. The Morgan fingerprint density at radius 3 is 2.79 bits per heavy atom. The largest absolute Gasteiger partial charge is 0.497 e. The summed E-state index contributed by atoms with van der Waals surface area (Å²) in [7, 11) is 1.56. The first kappa shape index (κ1) is 19.8. The summed E-state index contributed by atoms with van der Waals surface area (Å²) in [6.07, 6.45) is 1.38. The molecular weight excluding hydrogens is 403 g/mol. The minimum Gasteiger partial charge on any atom is -0.497 e. The fraction of sp³-hybridized carbons (Fsp3) is 0.100. The minimum absolute atomic E-state index is 0.188. The number of nitrogens with zero attached hydrogens (tertiary/aromatic N) is 1. The third-order valence-electron chi connectivity index (χ3n) is 3.61. The van der Waals surface area contributed by atoms with E-state index in [2.05, 4.69) is 10.5 Å². The molecule has 1 N–H and O–H groups in total. The van der Waals surface area contributed by atoms with Crippen LogP contribution in [0, 0.1) is 0 Å². The van der Waals surface area contributed by atoms with E-state index in [-0.39, 0.29) is 6.61 Å². The van der Waals surface area contributed by atoms with Gasteiger partial charge in [0.15, 0.2) is 6.61 Å². The van der Waals surface area contributed by atoms with E-state index >= 15 is 0 Å². The van der Waals surface area contributed by atoms with Crippen LogP contribution in [-0.2, 0) is 4.79 Å². The van der Waals surface area contributed by atoms with Gasteiger partial charge in [-0.1, -0.05) is 29.3 Å². The fourth-order valence-electron chi connectivity index (χ4n) is 2.29. The summed E-state index contributed by atoms with van der Waals surface area (Å²) in [5, 5.41) is 4.92. The van der Waals surface area contributed by atoms with Crippen molar-refractivity contribution in [3.63, 3.8) is 0 Å². The summed E-state index contributed by atoms with van der Waals surface area (Å²) in [6, 6.07) is 15.5. The second kappa shape index (κ2) is 9.30. The molecule has 6 nitrogen and oxygen atoms in total. The highest BCUT2D eigenvalue weighted by Gasteiger charge is 2.09. The van der Waals surface area contributed by atoms with Gasteiger partial charge in [0.1, 0.15) is 23.0 Å². The molecule has 0 atom stereocenters. The van der Waals surface area contributed by atoms with Crippen LogP contribution in [0.5, 0.6) is 11.5 Å². The normalized spacial score (nSPS) is 10.8. The second-order valence-electron chi connectivity index (χ2n) is 5.59. The van der Waals surface area contributed by atoms with Gasteiger partial charge in [0.2, 0.25) is 0 Å². The molecule has 1 amide bonds. The number of furan rings is 1. The van der Waals surface area contributed by atoms with Crippen molar-refractivity contribution >= 4 is 35.3 Å². The lowest BCUT2D eigenvalue weighted by Gasteiger charge is -2.06. The number of ether oxygens (including phenoxy) is 2. The first-order chi connectivity index (χ1) is 13.5. The number of carbonyl (C=O) groups is 1. The van der Waals surface area contributed by atoms with Crippen molar-refractivity contribution in [1.82, 2.24) is 5.43 Å². The molecule has 0 aliphatic heterocycles. The van der Waals surface area contributed by atoms with E-state index in [4.69, 9.17) is 37.1 Å². The number of carbonyl (C=O) groups excluding carboxylic acids is 1. The molecule has 3 aromatic rings. The third-order valence-corrected chi connectivity index (χ3v) is 4.18. The number of benzene rings is 2. The number of rotatable bonds is 7. The Kier molecular flexibility index (Phi) is 6.57. The summed E-state index contributed by atoms with van der Waals surface area (Å²) in [4.78, 5) is 11.8. The van der Waals surface area contributed by atoms with Crippen LogP contribution in [0.15, 0.2) is 64.1 Å². The van der Waals surface area contributed by atoms with Crippen molar-refractivity contribution < 1.29 is 18.7 Å². The van der Waals surface area contributed by atoms with Crippen LogP contribution in [0.2, 0.25) is 10.0 Å². The van der Waals surface area contributed by atoms with Crippen molar-refractivity contribution in [1.29, 1.82) is 0 Å². The van der Waals surface area contributed by atoms with E-state index < -0.39 is 5.91 Å². The number of halogens is 2. The number of nitrogens with one attached hydrogen (secondary N) is 1. The van der Waals surface area contributed by atoms with E-state index in [0.717, 1.165) is 0 Å². The van der Waals surface area contributed by atoms with Crippen LogP contribution in [0.25, 0.3) is 11.3 Å². The molecule has 0 aliphatic carbocycles. The molecule has 0 bridgehead atoms. The molecule has 2 aromatic carbocycles. The zero-order chi connectivity index (χ0) is 19.9. The number of hydrogen-bond acceptors (Lipinski definition) is 5. The lowest BCUT2D eigenvalue weighted by molar-refractivity contribution is -0.123. The minimum atomic E-state index is -0.413. The molecule has 8 heteroatoms. The molecule has 0 saturated carbocycles. The summed E-state index contributed by atoms with van der Waals surface area (Å²) in [5.74, 6) is 1.74. The Morgan fingerprint density at radius 1 is 1.14 bits per heavy atom. The predicted molar refractivity (Wildman–Crippen MR) is 108 cm³/mol. The van der Waals surface area contributed by atoms with Crippen LogP contribution in [0.4, 0.5) is 0 Å². The van der Waals surface area contributed by atoms with E-state index in [9.17, 15) is 4.79 Å². The molecule has 0 radical (unpaired) electrons. The van der Waals surface area contributed by atoms with Gasteiger partial charge in [-0.05, 0) is 42.5 Å². The molecule has 3 rings (SSSR count). The number of hydrazone groups is 1. The summed E-state index contributed by atoms with van der Waals surface area (Å²) >= 11 is 12.1. The lowest BCUT2D eigenvalue weighted by atomic mass is 10.2.